The van der Waals surface area contributed by atoms with Gasteiger partial charge in [0.15, 0.2) is 0 Å². The number of rotatable bonds is 9. The predicted molar refractivity (Wildman–Crippen MR) is 96.1 cm³/mol. The summed E-state index contributed by atoms with van der Waals surface area (Å²) in [5.41, 5.74) is 5.90. The molecular weight excluding hydrogens is 354 g/mol. The number of hydrogen-bond donors (Lipinski definition) is 3. The number of esters is 1. The van der Waals surface area contributed by atoms with Gasteiger partial charge >= 0.3 is 12.1 Å². The first-order chi connectivity index (χ1) is 12.7. The average Bonchev–Trinajstić information content (AvgIpc) is 2.63. The van der Waals surface area contributed by atoms with Gasteiger partial charge in [-0.15, -0.1) is 0 Å². The molecule has 9 nitrogen and oxygen atoms in total. The summed E-state index contributed by atoms with van der Waals surface area (Å²) in [5.74, 6) is -2.43. The van der Waals surface area contributed by atoms with E-state index in [9.17, 15) is 19.2 Å². The van der Waals surface area contributed by atoms with Crippen LogP contribution in [-0.4, -0.2) is 43.1 Å². The van der Waals surface area contributed by atoms with Gasteiger partial charge in [0.1, 0.15) is 18.7 Å². The van der Waals surface area contributed by atoms with E-state index < -0.39 is 42.4 Å². The van der Waals surface area contributed by atoms with Crippen LogP contribution in [0.2, 0.25) is 0 Å². The second kappa shape index (κ2) is 10.8. The van der Waals surface area contributed by atoms with Crippen LogP contribution >= 0.6 is 0 Å². The zero-order chi connectivity index (χ0) is 20.4. The topological polar surface area (TPSA) is 137 Å². The van der Waals surface area contributed by atoms with Crippen molar-refractivity contribution in [1.82, 2.24) is 10.6 Å². The fourth-order valence-corrected chi connectivity index (χ4v) is 2.20. The molecule has 1 aromatic carbocycles. The Bertz CT molecular complexity index is 662. The molecule has 148 valence electrons. The summed E-state index contributed by atoms with van der Waals surface area (Å²) in [7, 11) is 1.20. The fraction of sp³-hybridized carbons (Fsp3) is 0.444. The maximum atomic E-state index is 12.4. The van der Waals surface area contributed by atoms with E-state index in [0.29, 0.717) is 0 Å². The molecule has 0 spiro atoms. The standard InChI is InChI=1S/C18H25N3O6/c1-11(2)15(17(24)26-3)21-16(23)13(9-14(19)22)20-18(25)27-10-12-7-5-4-6-8-12/h4-8,11,13,15H,9-10H2,1-3H3,(H2,19,22)(H,20,25)(H,21,23)/t13-,15+/m0/s1. The number of ether oxygens (including phenoxy) is 2. The smallest absolute Gasteiger partial charge is 0.408 e. The third-order valence-corrected chi connectivity index (χ3v) is 3.65. The molecule has 0 saturated carbocycles. The number of amides is 3. The van der Waals surface area contributed by atoms with Crippen LogP contribution in [0.3, 0.4) is 0 Å². The molecule has 0 bridgehead atoms. The second-order valence-electron chi connectivity index (χ2n) is 6.18. The highest BCUT2D eigenvalue weighted by Gasteiger charge is 2.30. The molecule has 4 N–H and O–H groups in total. The van der Waals surface area contributed by atoms with Gasteiger partial charge in [-0.1, -0.05) is 44.2 Å². The first-order valence-corrected chi connectivity index (χ1v) is 8.38. The van der Waals surface area contributed by atoms with Gasteiger partial charge in [0, 0.05) is 0 Å². The Morgan fingerprint density at radius 1 is 1.07 bits per heavy atom. The largest absolute Gasteiger partial charge is 0.467 e. The number of alkyl carbamates (subject to hydrolysis) is 1. The molecule has 27 heavy (non-hydrogen) atoms. The normalized spacial score (nSPS) is 12.6. The Kier molecular flexibility index (Phi) is 8.77. The lowest BCUT2D eigenvalue weighted by Crippen LogP contribution is -2.54. The van der Waals surface area contributed by atoms with Gasteiger partial charge in [0.2, 0.25) is 11.8 Å². The van der Waals surface area contributed by atoms with Crippen molar-refractivity contribution in [2.45, 2.75) is 39.0 Å². The van der Waals surface area contributed by atoms with Gasteiger partial charge in [-0.05, 0) is 11.5 Å². The van der Waals surface area contributed by atoms with Gasteiger partial charge in [-0.2, -0.15) is 0 Å². The third-order valence-electron chi connectivity index (χ3n) is 3.65. The Morgan fingerprint density at radius 3 is 2.22 bits per heavy atom. The predicted octanol–water partition coefficient (Wildman–Crippen LogP) is 0.471. The number of primary amides is 1. The summed E-state index contributed by atoms with van der Waals surface area (Å²) < 4.78 is 9.68. The number of carbonyl (C=O) groups excluding carboxylic acids is 4. The zero-order valence-corrected chi connectivity index (χ0v) is 15.6. The van der Waals surface area contributed by atoms with E-state index in [4.69, 9.17) is 10.5 Å². The van der Waals surface area contributed by atoms with E-state index in [0.717, 1.165) is 5.56 Å². The van der Waals surface area contributed by atoms with Crippen LogP contribution in [0.15, 0.2) is 30.3 Å². The molecule has 2 atom stereocenters. The minimum absolute atomic E-state index is 0.00559. The summed E-state index contributed by atoms with van der Waals surface area (Å²) in [6.07, 6.45) is -1.34. The summed E-state index contributed by atoms with van der Waals surface area (Å²) in [6.45, 7) is 3.42. The number of methoxy groups -OCH3 is 1. The van der Waals surface area contributed by atoms with Crippen molar-refractivity contribution >= 4 is 23.9 Å². The van der Waals surface area contributed by atoms with Gasteiger partial charge in [-0.3, -0.25) is 9.59 Å². The SMILES string of the molecule is COC(=O)[C@H](NC(=O)[C@H](CC(N)=O)NC(=O)OCc1ccccc1)C(C)C. The molecule has 0 fully saturated rings. The van der Waals surface area contributed by atoms with Crippen molar-refractivity contribution in [1.29, 1.82) is 0 Å². The Balaban J connectivity index is 2.72. The highest BCUT2D eigenvalue weighted by molar-refractivity contribution is 5.93. The van der Waals surface area contributed by atoms with E-state index in [-0.39, 0.29) is 12.5 Å². The minimum Gasteiger partial charge on any atom is -0.467 e. The Hall–Kier alpha value is -3.10. The molecule has 0 radical (unpaired) electrons. The summed E-state index contributed by atoms with van der Waals surface area (Å²) >= 11 is 0. The summed E-state index contributed by atoms with van der Waals surface area (Å²) in [6, 6.07) is 6.73. The number of carbonyl (C=O) groups is 4. The van der Waals surface area contributed by atoms with E-state index in [1.807, 2.05) is 6.07 Å². The molecule has 0 saturated heterocycles. The van der Waals surface area contributed by atoms with Gasteiger partial charge in [0.25, 0.3) is 0 Å². The Morgan fingerprint density at radius 2 is 1.70 bits per heavy atom. The molecule has 9 heteroatoms. The van der Waals surface area contributed by atoms with Crippen LogP contribution in [-0.2, 0) is 30.5 Å². The average molecular weight is 379 g/mol. The highest BCUT2D eigenvalue weighted by Crippen LogP contribution is 2.06. The molecule has 0 aromatic heterocycles. The maximum absolute atomic E-state index is 12.4. The monoisotopic (exact) mass is 379 g/mol. The van der Waals surface area contributed by atoms with Crippen molar-refractivity contribution in [3.8, 4) is 0 Å². The van der Waals surface area contributed by atoms with Crippen molar-refractivity contribution in [3.63, 3.8) is 0 Å². The Labute approximate surface area is 157 Å². The number of benzene rings is 1. The van der Waals surface area contributed by atoms with E-state index in [2.05, 4.69) is 15.4 Å². The van der Waals surface area contributed by atoms with Crippen LogP contribution in [0.25, 0.3) is 0 Å². The van der Waals surface area contributed by atoms with E-state index >= 15 is 0 Å². The lowest BCUT2D eigenvalue weighted by Gasteiger charge is -2.23. The summed E-state index contributed by atoms with van der Waals surface area (Å²) in [5, 5.41) is 4.75. The zero-order valence-electron chi connectivity index (χ0n) is 15.6. The number of nitrogens with two attached hydrogens (primary N) is 1. The molecule has 0 aliphatic carbocycles. The summed E-state index contributed by atoms with van der Waals surface area (Å²) in [4.78, 5) is 47.4. The van der Waals surface area contributed by atoms with Gasteiger partial charge in [0.05, 0.1) is 13.5 Å². The second-order valence-corrected chi connectivity index (χ2v) is 6.18. The fourth-order valence-electron chi connectivity index (χ4n) is 2.20. The molecule has 3 amide bonds. The van der Waals surface area contributed by atoms with Crippen LogP contribution in [0.4, 0.5) is 4.79 Å². The molecular formula is C18H25N3O6. The molecule has 0 unspecified atom stereocenters. The van der Waals surface area contributed by atoms with Crippen LogP contribution < -0.4 is 16.4 Å². The van der Waals surface area contributed by atoms with Crippen molar-refractivity contribution in [3.05, 3.63) is 35.9 Å². The van der Waals surface area contributed by atoms with E-state index in [1.165, 1.54) is 7.11 Å². The maximum Gasteiger partial charge on any atom is 0.408 e. The lowest BCUT2D eigenvalue weighted by molar-refractivity contribution is -0.146. The minimum atomic E-state index is -1.28. The third kappa shape index (κ3) is 7.76. The lowest BCUT2D eigenvalue weighted by atomic mass is 10.0. The highest BCUT2D eigenvalue weighted by atomic mass is 16.5. The molecule has 0 heterocycles. The molecule has 0 aliphatic rings. The van der Waals surface area contributed by atoms with Gasteiger partial charge < -0.3 is 25.8 Å². The molecule has 1 rings (SSSR count). The van der Waals surface area contributed by atoms with Crippen molar-refractivity contribution in [2.24, 2.45) is 11.7 Å². The van der Waals surface area contributed by atoms with Crippen molar-refractivity contribution in [2.75, 3.05) is 7.11 Å². The van der Waals surface area contributed by atoms with Crippen LogP contribution in [0, 0.1) is 5.92 Å². The van der Waals surface area contributed by atoms with Crippen molar-refractivity contribution < 1.29 is 28.7 Å². The molecule has 0 aliphatic heterocycles. The number of nitrogens with one attached hydrogen (secondary N) is 2. The first kappa shape index (κ1) is 21.9. The number of hydrogen-bond acceptors (Lipinski definition) is 6. The quantitative estimate of drug-likeness (QED) is 0.534. The van der Waals surface area contributed by atoms with Crippen LogP contribution in [0.5, 0.6) is 0 Å². The van der Waals surface area contributed by atoms with Crippen LogP contribution in [0.1, 0.15) is 25.8 Å². The van der Waals surface area contributed by atoms with E-state index in [1.54, 1.807) is 38.1 Å². The van der Waals surface area contributed by atoms with Gasteiger partial charge in [-0.25, -0.2) is 9.59 Å². The first-order valence-electron chi connectivity index (χ1n) is 8.38. The molecule has 1 aromatic rings.